The number of anilines is 3. The van der Waals surface area contributed by atoms with Crippen molar-refractivity contribution in [1.82, 2.24) is 4.98 Å². The molecule has 1 heterocycles. The molecule has 0 fully saturated rings. The van der Waals surface area contributed by atoms with Crippen LogP contribution >= 0.6 is 11.6 Å². The smallest absolute Gasteiger partial charge is 0.337 e. The van der Waals surface area contributed by atoms with Gasteiger partial charge in [-0.15, -0.1) is 0 Å². The van der Waals surface area contributed by atoms with Crippen LogP contribution in [0.2, 0.25) is 5.02 Å². The second kappa shape index (κ2) is 8.33. The van der Waals surface area contributed by atoms with Gasteiger partial charge in [0.05, 0.1) is 24.6 Å². The molecule has 6 nitrogen and oxygen atoms in total. The first kappa shape index (κ1) is 18.4. The minimum atomic E-state index is -0.432. The fraction of sp³-hybridized carbons (Fsp3) is 0.0500. The molecule has 1 amide bonds. The molecule has 0 radical (unpaired) electrons. The van der Waals surface area contributed by atoms with Crippen LogP contribution in [-0.4, -0.2) is 24.0 Å². The molecule has 27 heavy (non-hydrogen) atoms. The second-order valence-corrected chi connectivity index (χ2v) is 6.02. The number of hydrogen-bond donors (Lipinski definition) is 2. The van der Waals surface area contributed by atoms with Crippen molar-refractivity contribution in [3.05, 3.63) is 83.1 Å². The van der Waals surface area contributed by atoms with Crippen LogP contribution in [0.4, 0.5) is 17.1 Å². The van der Waals surface area contributed by atoms with Gasteiger partial charge in [0.25, 0.3) is 5.91 Å². The Bertz CT molecular complexity index is 940. The Balaban J connectivity index is 1.63. The summed E-state index contributed by atoms with van der Waals surface area (Å²) in [5, 5.41) is 6.56. The molecule has 0 saturated carbocycles. The highest BCUT2D eigenvalue weighted by Gasteiger charge is 2.09. The highest BCUT2D eigenvalue weighted by molar-refractivity contribution is 6.30. The van der Waals surface area contributed by atoms with Crippen molar-refractivity contribution in [3.8, 4) is 0 Å². The van der Waals surface area contributed by atoms with Gasteiger partial charge in [0.2, 0.25) is 0 Å². The molecule has 136 valence electrons. The maximum Gasteiger partial charge on any atom is 0.337 e. The number of amides is 1. The molecule has 0 bridgehead atoms. The van der Waals surface area contributed by atoms with E-state index in [1.807, 2.05) is 12.1 Å². The number of esters is 1. The van der Waals surface area contributed by atoms with Crippen molar-refractivity contribution >= 4 is 40.5 Å². The lowest BCUT2D eigenvalue weighted by atomic mass is 10.2. The Hall–Kier alpha value is -3.38. The molecule has 0 aliphatic heterocycles. The topological polar surface area (TPSA) is 80.3 Å². The number of rotatable bonds is 5. The van der Waals surface area contributed by atoms with Crippen LogP contribution in [0.3, 0.4) is 0 Å². The highest BCUT2D eigenvalue weighted by atomic mass is 35.5. The van der Waals surface area contributed by atoms with E-state index in [9.17, 15) is 9.59 Å². The van der Waals surface area contributed by atoms with Crippen LogP contribution in [0.5, 0.6) is 0 Å². The first-order chi connectivity index (χ1) is 13.0. The van der Waals surface area contributed by atoms with E-state index in [4.69, 9.17) is 11.6 Å². The van der Waals surface area contributed by atoms with E-state index in [0.717, 1.165) is 11.4 Å². The lowest BCUT2D eigenvalue weighted by Crippen LogP contribution is -2.13. The maximum atomic E-state index is 12.3. The monoisotopic (exact) mass is 381 g/mol. The van der Waals surface area contributed by atoms with Crippen LogP contribution in [0.25, 0.3) is 0 Å². The largest absolute Gasteiger partial charge is 0.465 e. The van der Waals surface area contributed by atoms with Gasteiger partial charge in [0.15, 0.2) is 0 Å². The standard InChI is InChI=1S/C20H16ClN3O3/c1-27-20(26)13-2-6-16(7-3-13)24-19(25)18-11-10-17(12-22-18)23-15-8-4-14(21)5-9-15/h2-12,23H,1H3,(H,24,25). The third-order valence-corrected chi connectivity index (χ3v) is 3.94. The van der Waals surface area contributed by atoms with E-state index in [-0.39, 0.29) is 11.6 Å². The lowest BCUT2D eigenvalue weighted by molar-refractivity contribution is 0.0600. The molecule has 0 aliphatic carbocycles. The summed E-state index contributed by atoms with van der Waals surface area (Å²) in [6.45, 7) is 0. The number of nitrogens with zero attached hydrogens (tertiary/aromatic N) is 1. The van der Waals surface area contributed by atoms with E-state index in [1.54, 1.807) is 54.7 Å². The molecule has 2 N–H and O–H groups in total. The number of pyridine rings is 1. The van der Waals surface area contributed by atoms with Gasteiger partial charge >= 0.3 is 5.97 Å². The molecule has 7 heteroatoms. The maximum absolute atomic E-state index is 12.3. The fourth-order valence-corrected chi connectivity index (χ4v) is 2.43. The number of nitrogens with one attached hydrogen (secondary N) is 2. The summed E-state index contributed by atoms with van der Waals surface area (Å²) in [5.41, 5.74) is 2.85. The van der Waals surface area contributed by atoms with E-state index in [1.165, 1.54) is 7.11 Å². The molecule has 3 aromatic rings. The van der Waals surface area contributed by atoms with Gasteiger partial charge < -0.3 is 15.4 Å². The van der Waals surface area contributed by atoms with Crippen LogP contribution in [-0.2, 0) is 4.74 Å². The lowest BCUT2D eigenvalue weighted by Gasteiger charge is -2.08. The van der Waals surface area contributed by atoms with Gasteiger partial charge in [-0.05, 0) is 60.7 Å². The number of methoxy groups -OCH3 is 1. The number of ether oxygens (including phenoxy) is 1. The minimum absolute atomic E-state index is 0.272. The normalized spacial score (nSPS) is 10.1. The summed E-state index contributed by atoms with van der Waals surface area (Å²) >= 11 is 5.86. The van der Waals surface area contributed by atoms with Crippen molar-refractivity contribution in [2.45, 2.75) is 0 Å². The Morgan fingerprint density at radius 1 is 0.889 bits per heavy atom. The molecule has 1 aromatic heterocycles. The van der Waals surface area contributed by atoms with Crippen LogP contribution in [0, 0.1) is 0 Å². The Kier molecular flexibility index (Phi) is 5.68. The minimum Gasteiger partial charge on any atom is -0.465 e. The summed E-state index contributed by atoms with van der Waals surface area (Å²) in [6, 6.07) is 17.0. The molecule has 0 unspecified atom stereocenters. The molecule has 0 spiro atoms. The third-order valence-electron chi connectivity index (χ3n) is 3.69. The Morgan fingerprint density at radius 2 is 1.52 bits per heavy atom. The van der Waals surface area contributed by atoms with Gasteiger partial charge in [-0.3, -0.25) is 4.79 Å². The van der Waals surface area contributed by atoms with Gasteiger partial charge in [0.1, 0.15) is 5.69 Å². The zero-order valence-corrected chi connectivity index (χ0v) is 15.2. The second-order valence-electron chi connectivity index (χ2n) is 5.59. The van der Waals surface area contributed by atoms with Crippen LogP contribution < -0.4 is 10.6 Å². The zero-order chi connectivity index (χ0) is 19.2. The van der Waals surface area contributed by atoms with Crippen molar-refractivity contribution in [2.24, 2.45) is 0 Å². The van der Waals surface area contributed by atoms with Crippen molar-refractivity contribution in [2.75, 3.05) is 17.7 Å². The van der Waals surface area contributed by atoms with Crippen LogP contribution in [0.15, 0.2) is 66.9 Å². The van der Waals surface area contributed by atoms with Gasteiger partial charge in [0, 0.05) is 16.4 Å². The zero-order valence-electron chi connectivity index (χ0n) is 14.4. The molecular formula is C20H16ClN3O3. The number of carbonyl (C=O) groups excluding carboxylic acids is 2. The predicted molar refractivity (Wildman–Crippen MR) is 105 cm³/mol. The molecule has 0 saturated heterocycles. The van der Waals surface area contributed by atoms with E-state index >= 15 is 0 Å². The summed E-state index contributed by atoms with van der Waals surface area (Å²) in [6.07, 6.45) is 1.57. The molecule has 2 aromatic carbocycles. The Morgan fingerprint density at radius 3 is 2.11 bits per heavy atom. The van der Waals surface area contributed by atoms with Crippen molar-refractivity contribution in [3.63, 3.8) is 0 Å². The quantitative estimate of drug-likeness (QED) is 0.635. The van der Waals surface area contributed by atoms with E-state index in [0.29, 0.717) is 16.3 Å². The van der Waals surface area contributed by atoms with Gasteiger partial charge in [-0.1, -0.05) is 11.6 Å². The van der Waals surface area contributed by atoms with Crippen molar-refractivity contribution < 1.29 is 14.3 Å². The average molecular weight is 382 g/mol. The predicted octanol–water partition coefficient (Wildman–Crippen LogP) is 4.52. The number of aromatic nitrogens is 1. The molecule has 0 atom stereocenters. The Labute approximate surface area is 161 Å². The molecule has 3 rings (SSSR count). The van der Waals surface area contributed by atoms with Gasteiger partial charge in [-0.2, -0.15) is 0 Å². The molecule has 0 aliphatic rings. The van der Waals surface area contributed by atoms with Gasteiger partial charge in [-0.25, -0.2) is 9.78 Å². The number of halogens is 1. The van der Waals surface area contributed by atoms with E-state index in [2.05, 4.69) is 20.4 Å². The highest BCUT2D eigenvalue weighted by Crippen LogP contribution is 2.19. The SMILES string of the molecule is COC(=O)c1ccc(NC(=O)c2ccc(Nc3ccc(Cl)cc3)cn2)cc1. The fourth-order valence-electron chi connectivity index (χ4n) is 2.30. The summed E-state index contributed by atoms with van der Waals surface area (Å²) in [7, 11) is 1.31. The first-order valence-electron chi connectivity index (χ1n) is 8.03. The summed E-state index contributed by atoms with van der Waals surface area (Å²) in [5.74, 6) is -0.780. The number of hydrogen-bond acceptors (Lipinski definition) is 5. The average Bonchev–Trinajstić information content (AvgIpc) is 2.70. The molecular weight excluding hydrogens is 366 g/mol. The van der Waals surface area contributed by atoms with Crippen LogP contribution in [0.1, 0.15) is 20.8 Å². The summed E-state index contributed by atoms with van der Waals surface area (Å²) < 4.78 is 4.64. The van der Waals surface area contributed by atoms with E-state index < -0.39 is 5.97 Å². The van der Waals surface area contributed by atoms with Crippen molar-refractivity contribution in [1.29, 1.82) is 0 Å². The first-order valence-corrected chi connectivity index (χ1v) is 8.41. The third kappa shape index (κ3) is 4.83. The number of benzene rings is 2. The number of carbonyl (C=O) groups is 2. The summed E-state index contributed by atoms with van der Waals surface area (Å²) in [4.78, 5) is 27.9.